The minimum Gasteiger partial charge on any atom is -0.311 e. The molecule has 3 nitrogen and oxygen atoms in total. The van der Waals surface area contributed by atoms with Crippen LogP contribution in [0.25, 0.3) is 0 Å². The Morgan fingerprint density at radius 2 is 1.57 bits per heavy atom. The lowest BCUT2D eigenvalue weighted by molar-refractivity contribution is 0.279. The van der Waals surface area contributed by atoms with Crippen LogP contribution in [0, 0.1) is 0 Å². The van der Waals surface area contributed by atoms with Gasteiger partial charge in [-0.05, 0) is 6.42 Å². The molecule has 0 amide bonds. The van der Waals surface area contributed by atoms with Crippen LogP contribution in [0.2, 0.25) is 0 Å². The topological polar surface area (TPSA) is 35.5 Å². The fraction of sp³-hybridized carbons (Fsp3) is 1.00. The smallest absolute Gasteiger partial charge is 0.311 e. The molecule has 0 N–H and O–H groups in total. The fourth-order valence-electron chi connectivity index (χ4n) is 1.40. The van der Waals surface area contributed by atoms with Gasteiger partial charge >= 0.3 is 7.60 Å². The third kappa shape index (κ3) is 2.92. The van der Waals surface area contributed by atoms with Crippen molar-refractivity contribution < 1.29 is 13.6 Å². The molecule has 1 aliphatic heterocycles. The molecule has 0 aliphatic carbocycles. The SMILES string of the molecule is COP(=O)(OC)C1S[C@H](C)C[C@H](C)S1. The lowest BCUT2D eigenvalue weighted by atomic mass is 10.3. The maximum atomic E-state index is 12.1. The summed E-state index contributed by atoms with van der Waals surface area (Å²) in [6.07, 6.45) is 1.15. The summed E-state index contributed by atoms with van der Waals surface area (Å²) in [7, 11) is 0.00206. The van der Waals surface area contributed by atoms with Crippen molar-refractivity contribution in [2.75, 3.05) is 14.2 Å². The van der Waals surface area contributed by atoms with Crippen LogP contribution in [0.15, 0.2) is 0 Å². The third-order valence-electron chi connectivity index (χ3n) is 2.13. The monoisotopic (exact) mass is 256 g/mol. The van der Waals surface area contributed by atoms with Crippen LogP contribution in [-0.4, -0.2) is 29.0 Å². The zero-order valence-electron chi connectivity index (χ0n) is 8.93. The van der Waals surface area contributed by atoms with Gasteiger partial charge in [0.05, 0.1) is 0 Å². The highest BCUT2D eigenvalue weighted by molar-refractivity contribution is 8.24. The summed E-state index contributed by atoms with van der Waals surface area (Å²) >= 11 is 3.39. The molecule has 0 aromatic carbocycles. The quantitative estimate of drug-likeness (QED) is 0.723. The van der Waals surface area contributed by atoms with Crippen molar-refractivity contribution >= 4 is 31.1 Å². The van der Waals surface area contributed by atoms with Gasteiger partial charge in [-0.25, -0.2) is 0 Å². The lowest BCUT2D eigenvalue weighted by Gasteiger charge is -2.33. The van der Waals surface area contributed by atoms with Gasteiger partial charge in [-0.15, -0.1) is 23.5 Å². The minimum absolute atomic E-state index is 0.0729. The van der Waals surface area contributed by atoms with Gasteiger partial charge in [0, 0.05) is 24.7 Å². The first-order chi connectivity index (χ1) is 6.51. The van der Waals surface area contributed by atoms with Gasteiger partial charge in [0.1, 0.15) is 0 Å². The molecule has 0 radical (unpaired) electrons. The molecule has 1 unspecified atom stereocenters. The van der Waals surface area contributed by atoms with Crippen molar-refractivity contribution in [2.45, 2.75) is 35.1 Å². The number of hydrogen-bond donors (Lipinski definition) is 0. The highest BCUT2D eigenvalue weighted by atomic mass is 32.2. The Labute approximate surface area is 94.2 Å². The van der Waals surface area contributed by atoms with Gasteiger partial charge in [0.15, 0.2) is 4.32 Å². The van der Waals surface area contributed by atoms with Crippen molar-refractivity contribution in [3.8, 4) is 0 Å². The van der Waals surface area contributed by atoms with E-state index in [1.54, 1.807) is 23.5 Å². The second kappa shape index (κ2) is 5.26. The molecule has 1 fully saturated rings. The minimum atomic E-state index is -2.91. The van der Waals surface area contributed by atoms with Gasteiger partial charge < -0.3 is 9.05 Å². The molecule has 0 aromatic heterocycles. The van der Waals surface area contributed by atoms with Crippen molar-refractivity contribution in [3.63, 3.8) is 0 Å². The van der Waals surface area contributed by atoms with Crippen molar-refractivity contribution in [1.82, 2.24) is 0 Å². The molecule has 0 aromatic rings. The first-order valence-electron chi connectivity index (χ1n) is 4.54. The van der Waals surface area contributed by atoms with E-state index in [4.69, 9.17) is 9.05 Å². The molecule has 1 rings (SSSR count). The largest absolute Gasteiger partial charge is 0.352 e. The first-order valence-corrected chi connectivity index (χ1v) is 8.03. The first kappa shape index (κ1) is 12.9. The summed E-state index contributed by atoms with van der Waals surface area (Å²) in [5.74, 6) is 0. The van der Waals surface area contributed by atoms with Crippen LogP contribution in [0.5, 0.6) is 0 Å². The normalized spacial score (nSPS) is 34.4. The highest BCUT2D eigenvalue weighted by Crippen LogP contribution is 2.63. The maximum Gasteiger partial charge on any atom is 0.352 e. The van der Waals surface area contributed by atoms with Crippen molar-refractivity contribution in [1.29, 1.82) is 0 Å². The van der Waals surface area contributed by atoms with Crippen LogP contribution in [0.4, 0.5) is 0 Å². The van der Waals surface area contributed by atoms with Crippen LogP contribution in [0.3, 0.4) is 0 Å². The predicted molar refractivity (Wildman–Crippen MR) is 64.1 cm³/mol. The van der Waals surface area contributed by atoms with Gasteiger partial charge in [-0.3, -0.25) is 4.57 Å². The van der Waals surface area contributed by atoms with Crippen molar-refractivity contribution in [2.24, 2.45) is 0 Å². The lowest BCUT2D eigenvalue weighted by Crippen LogP contribution is -2.20. The molecule has 0 spiro atoms. The second-order valence-electron chi connectivity index (χ2n) is 3.34. The average Bonchev–Trinajstić information content (AvgIpc) is 2.15. The molecular weight excluding hydrogens is 239 g/mol. The van der Waals surface area contributed by atoms with Crippen molar-refractivity contribution in [3.05, 3.63) is 0 Å². The van der Waals surface area contributed by atoms with E-state index in [1.807, 2.05) is 0 Å². The van der Waals surface area contributed by atoms with E-state index in [0.29, 0.717) is 10.5 Å². The molecule has 6 heteroatoms. The van der Waals surface area contributed by atoms with E-state index >= 15 is 0 Å². The fourth-order valence-corrected chi connectivity index (χ4v) is 8.48. The average molecular weight is 256 g/mol. The summed E-state index contributed by atoms with van der Waals surface area (Å²) in [4.78, 5) is 0. The molecule has 1 saturated heterocycles. The Hall–Kier alpha value is 0.850. The zero-order valence-corrected chi connectivity index (χ0v) is 11.5. The van der Waals surface area contributed by atoms with Crippen LogP contribution in [0.1, 0.15) is 20.3 Å². The Morgan fingerprint density at radius 3 is 1.93 bits per heavy atom. The molecule has 3 atom stereocenters. The summed E-state index contributed by atoms with van der Waals surface area (Å²) in [5.41, 5.74) is 0. The molecule has 0 bridgehead atoms. The summed E-state index contributed by atoms with van der Waals surface area (Å²) in [5, 5.41) is 1.05. The van der Waals surface area contributed by atoms with E-state index in [1.165, 1.54) is 14.2 Å². The molecule has 84 valence electrons. The van der Waals surface area contributed by atoms with Gasteiger partial charge in [-0.2, -0.15) is 0 Å². The Morgan fingerprint density at radius 1 is 1.14 bits per heavy atom. The van der Waals surface area contributed by atoms with Gasteiger partial charge in [-0.1, -0.05) is 13.8 Å². The van der Waals surface area contributed by atoms with E-state index in [0.717, 1.165) is 6.42 Å². The van der Waals surface area contributed by atoms with Gasteiger partial charge in [0.2, 0.25) is 0 Å². The third-order valence-corrected chi connectivity index (χ3v) is 8.39. The second-order valence-corrected chi connectivity index (χ2v) is 9.76. The summed E-state index contributed by atoms with van der Waals surface area (Å²) in [6.45, 7) is 4.31. The highest BCUT2D eigenvalue weighted by Gasteiger charge is 2.40. The number of hydrogen-bond acceptors (Lipinski definition) is 5. The Balaban J connectivity index is 2.71. The Kier molecular flexibility index (Phi) is 4.85. The van der Waals surface area contributed by atoms with E-state index in [9.17, 15) is 4.57 Å². The molecular formula is C8H17O3PS2. The summed E-state index contributed by atoms with van der Waals surface area (Å²) < 4.78 is 22.1. The van der Waals surface area contributed by atoms with Gasteiger partial charge in [0.25, 0.3) is 0 Å². The maximum absolute atomic E-state index is 12.1. The predicted octanol–water partition coefficient (Wildman–Crippen LogP) is 3.40. The van der Waals surface area contributed by atoms with E-state index in [-0.39, 0.29) is 4.32 Å². The standard InChI is InChI=1S/C8H17O3PS2/c1-6-5-7(2)14-8(13-6)12(9,10-3)11-4/h6-8H,5H2,1-4H3/t6-,7+,8?. The molecule has 1 aliphatic rings. The van der Waals surface area contributed by atoms with Crippen LogP contribution in [-0.2, 0) is 13.6 Å². The van der Waals surface area contributed by atoms with E-state index in [2.05, 4.69) is 13.8 Å². The molecule has 0 saturated carbocycles. The molecule has 1 heterocycles. The van der Waals surface area contributed by atoms with Crippen LogP contribution < -0.4 is 0 Å². The number of rotatable bonds is 3. The zero-order chi connectivity index (χ0) is 10.8. The Bertz CT molecular complexity index is 219. The molecule has 14 heavy (non-hydrogen) atoms. The number of thioether (sulfide) groups is 2. The summed E-state index contributed by atoms with van der Waals surface area (Å²) in [6, 6.07) is 0. The van der Waals surface area contributed by atoms with E-state index < -0.39 is 7.60 Å². The van der Waals surface area contributed by atoms with Crippen LogP contribution >= 0.6 is 31.1 Å².